The quantitative estimate of drug-likeness (QED) is 0.492. The Labute approximate surface area is 160 Å². The number of hydrogen-bond donors (Lipinski definition) is 2. The number of carbonyl (C=O) groups excluding carboxylic acids is 1. The van der Waals surface area contributed by atoms with Crippen LogP contribution >= 0.6 is 0 Å². The molecule has 2 rings (SSSR count). The SMILES string of the molecule is Nc1ncccc1C(=O)NCCCCCCCCCCCCn1ncnn1. The average Bonchev–Trinajstić information content (AvgIpc) is 3.19. The first kappa shape index (κ1) is 20.8. The van der Waals surface area contributed by atoms with Crippen molar-refractivity contribution < 1.29 is 4.79 Å². The molecular weight excluding hydrogens is 342 g/mol. The molecule has 8 heteroatoms. The van der Waals surface area contributed by atoms with Crippen LogP contribution in [0.2, 0.25) is 0 Å². The van der Waals surface area contributed by atoms with Gasteiger partial charge >= 0.3 is 0 Å². The Morgan fingerprint density at radius 2 is 1.67 bits per heavy atom. The highest BCUT2D eigenvalue weighted by atomic mass is 16.1. The second-order valence-electron chi connectivity index (χ2n) is 6.76. The first-order valence-electron chi connectivity index (χ1n) is 9.97. The van der Waals surface area contributed by atoms with Gasteiger partial charge in [-0.25, -0.2) is 4.98 Å². The first-order chi connectivity index (χ1) is 13.3. The van der Waals surface area contributed by atoms with Crippen molar-refractivity contribution in [2.45, 2.75) is 70.8 Å². The fraction of sp³-hybridized carbons (Fsp3) is 0.632. The van der Waals surface area contributed by atoms with Crippen LogP contribution in [0.5, 0.6) is 0 Å². The lowest BCUT2D eigenvalue weighted by atomic mass is 10.1. The molecule has 0 saturated heterocycles. The van der Waals surface area contributed by atoms with Crippen LogP contribution < -0.4 is 11.1 Å². The second kappa shape index (κ2) is 12.8. The third-order valence-corrected chi connectivity index (χ3v) is 4.55. The van der Waals surface area contributed by atoms with E-state index in [4.69, 9.17) is 5.73 Å². The van der Waals surface area contributed by atoms with Crippen LogP contribution in [-0.4, -0.2) is 37.6 Å². The van der Waals surface area contributed by atoms with Crippen molar-refractivity contribution in [2.24, 2.45) is 0 Å². The van der Waals surface area contributed by atoms with Gasteiger partial charge in [0.15, 0.2) is 6.33 Å². The van der Waals surface area contributed by atoms with Crippen LogP contribution in [-0.2, 0) is 6.54 Å². The van der Waals surface area contributed by atoms with E-state index in [-0.39, 0.29) is 11.7 Å². The van der Waals surface area contributed by atoms with E-state index in [1.165, 1.54) is 51.3 Å². The van der Waals surface area contributed by atoms with Gasteiger partial charge in [-0.3, -0.25) is 4.79 Å². The maximum Gasteiger partial charge on any atom is 0.255 e. The maximum atomic E-state index is 12.0. The molecule has 8 nitrogen and oxygen atoms in total. The lowest BCUT2D eigenvalue weighted by molar-refractivity contribution is 0.0953. The maximum absolute atomic E-state index is 12.0. The Kier molecular flexibility index (Phi) is 9.84. The summed E-state index contributed by atoms with van der Waals surface area (Å²) in [7, 11) is 0. The van der Waals surface area contributed by atoms with E-state index in [0.29, 0.717) is 12.1 Å². The molecule has 0 aliphatic rings. The second-order valence-corrected chi connectivity index (χ2v) is 6.76. The van der Waals surface area contributed by atoms with E-state index < -0.39 is 0 Å². The summed E-state index contributed by atoms with van der Waals surface area (Å²) < 4.78 is 0. The Hall–Kier alpha value is -2.51. The smallest absolute Gasteiger partial charge is 0.255 e. The number of tetrazole rings is 1. The average molecular weight is 374 g/mol. The topological polar surface area (TPSA) is 112 Å². The van der Waals surface area contributed by atoms with Crippen molar-refractivity contribution in [3.8, 4) is 0 Å². The van der Waals surface area contributed by atoms with E-state index in [9.17, 15) is 4.79 Å². The fourth-order valence-electron chi connectivity index (χ4n) is 2.99. The Balaban J connectivity index is 1.34. The number of nitrogens with zero attached hydrogens (tertiary/aromatic N) is 5. The highest BCUT2D eigenvalue weighted by molar-refractivity contribution is 5.98. The van der Waals surface area contributed by atoms with Gasteiger partial charge in [-0.05, 0) is 30.2 Å². The van der Waals surface area contributed by atoms with Crippen LogP contribution in [0.15, 0.2) is 24.7 Å². The summed E-state index contributed by atoms with van der Waals surface area (Å²) in [5.41, 5.74) is 6.15. The van der Waals surface area contributed by atoms with Crippen LogP contribution in [0.3, 0.4) is 0 Å². The third kappa shape index (κ3) is 8.61. The van der Waals surface area contributed by atoms with Crippen LogP contribution in [0.4, 0.5) is 5.82 Å². The molecule has 3 N–H and O–H groups in total. The minimum Gasteiger partial charge on any atom is -0.383 e. The number of aryl methyl sites for hydroxylation is 1. The number of carbonyl (C=O) groups is 1. The Morgan fingerprint density at radius 3 is 2.30 bits per heavy atom. The van der Waals surface area contributed by atoms with Gasteiger partial charge in [-0.1, -0.05) is 51.4 Å². The molecule has 148 valence electrons. The van der Waals surface area contributed by atoms with Crippen molar-refractivity contribution in [1.82, 2.24) is 30.5 Å². The number of unbranched alkanes of at least 4 members (excludes halogenated alkanes) is 9. The number of anilines is 1. The number of rotatable bonds is 14. The molecule has 2 aromatic rings. The predicted molar refractivity (Wildman–Crippen MR) is 105 cm³/mol. The molecule has 27 heavy (non-hydrogen) atoms. The molecule has 0 atom stereocenters. The minimum absolute atomic E-state index is 0.139. The van der Waals surface area contributed by atoms with Crippen molar-refractivity contribution in [2.75, 3.05) is 12.3 Å². The predicted octanol–water partition coefficient (Wildman–Crippen LogP) is 2.98. The van der Waals surface area contributed by atoms with E-state index in [0.717, 1.165) is 25.8 Å². The molecule has 0 unspecified atom stereocenters. The lowest BCUT2D eigenvalue weighted by Gasteiger charge is -2.06. The van der Waals surface area contributed by atoms with Crippen LogP contribution in [0.25, 0.3) is 0 Å². The van der Waals surface area contributed by atoms with E-state index in [2.05, 4.69) is 25.7 Å². The molecule has 0 bridgehead atoms. The zero-order valence-corrected chi connectivity index (χ0v) is 16.0. The molecule has 1 amide bonds. The number of amides is 1. The number of nitrogen functional groups attached to an aromatic ring is 1. The summed E-state index contributed by atoms with van der Waals surface area (Å²) >= 11 is 0. The number of nitrogens with two attached hydrogens (primary N) is 1. The van der Waals surface area contributed by atoms with Gasteiger partial charge in [0.05, 0.1) is 12.1 Å². The van der Waals surface area contributed by atoms with Crippen molar-refractivity contribution >= 4 is 11.7 Å². The van der Waals surface area contributed by atoms with E-state index in [1.54, 1.807) is 23.1 Å². The standard InChI is InChI=1S/C19H31N7O/c20-18-17(12-11-14-21-18)19(27)22-13-9-7-5-3-1-2-4-6-8-10-15-26-24-16-23-25-26/h11-12,14,16H,1-10,13,15H2,(H2,20,21)(H,22,27). The molecule has 0 spiro atoms. The molecule has 0 aliphatic carbocycles. The number of aromatic nitrogens is 5. The molecule has 0 fully saturated rings. The third-order valence-electron chi connectivity index (χ3n) is 4.55. The van der Waals surface area contributed by atoms with Gasteiger partial charge in [-0.15, -0.1) is 10.2 Å². The molecule has 2 aromatic heterocycles. The number of nitrogens with one attached hydrogen (secondary N) is 1. The van der Waals surface area contributed by atoms with Crippen LogP contribution in [0, 0.1) is 0 Å². The summed E-state index contributed by atoms with van der Waals surface area (Å²) in [4.78, 5) is 17.5. The minimum atomic E-state index is -0.139. The molecule has 0 aromatic carbocycles. The van der Waals surface area contributed by atoms with Gasteiger partial charge in [0.1, 0.15) is 5.82 Å². The van der Waals surface area contributed by atoms with Gasteiger partial charge in [-0.2, -0.15) is 4.80 Å². The summed E-state index contributed by atoms with van der Waals surface area (Å²) in [5, 5.41) is 14.5. The molecule has 2 heterocycles. The highest BCUT2D eigenvalue weighted by Gasteiger charge is 2.08. The first-order valence-corrected chi connectivity index (χ1v) is 9.97. The lowest BCUT2D eigenvalue weighted by Crippen LogP contribution is -2.25. The normalized spacial score (nSPS) is 10.8. The molecular formula is C19H31N7O. The van der Waals surface area contributed by atoms with E-state index in [1.807, 2.05) is 0 Å². The molecule has 0 aliphatic heterocycles. The fourth-order valence-corrected chi connectivity index (χ4v) is 2.99. The number of hydrogen-bond acceptors (Lipinski definition) is 6. The van der Waals surface area contributed by atoms with E-state index >= 15 is 0 Å². The Morgan fingerprint density at radius 1 is 1.00 bits per heavy atom. The highest BCUT2D eigenvalue weighted by Crippen LogP contribution is 2.11. The van der Waals surface area contributed by atoms with Crippen molar-refractivity contribution in [3.63, 3.8) is 0 Å². The molecule has 0 radical (unpaired) electrons. The largest absolute Gasteiger partial charge is 0.383 e. The van der Waals surface area contributed by atoms with Gasteiger partial charge < -0.3 is 11.1 Å². The summed E-state index contributed by atoms with van der Waals surface area (Å²) in [6.45, 7) is 1.55. The summed E-state index contributed by atoms with van der Waals surface area (Å²) in [5.74, 6) is 0.144. The monoisotopic (exact) mass is 373 g/mol. The van der Waals surface area contributed by atoms with Gasteiger partial charge in [0.2, 0.25) is 0 Å². The number of pyridine rings is 1. The van der Waals surface area contributed by atoms with Crippen molar-refractivity contribution in [1.29, 1.82) is 0 Å². The van der Waals surface area contributed by atoms with Gasteiger partial charge in [0.25, 0.3) is 5.91 Å². The molecule has 0 saturated carbocycles. The van der Waals surface area contributed by atoms with Crippen molar-refractivity contribution in [3.05, 3.63) is 30.2 Å². The zero-order valence-electron chi connectivity index (χ0n) is 16.0. The zero-order chi connectivity index (χ0) is 19.2. The summed E-state index contributed by atoms with van der Waals surface area (Å²) in [6, 6.07) is 3.42. The Bertz CT molecular complexity index is 645. The van der Waals surface area contributed by atoms with Crippen LogP contribution in [0.1, 0.15) is 74.6 Å². The van der Waals surface area contributed by atoms with Gasteiger partial charge in [0, 0.05) is 12.7 Å². The summed E-state index contributed by atoms with van der Waals surface area (Å²) in [6.07, 6.45) is 15.2.